The predicted molar refractivity (Wildman–Crippen MR) is 68.4 cm³/mol. The van der Waals surface area contributed by atoms with E-state index in [0.717, 1.165) is 13.1 Å². The lowest BCUT2D eigenvalue weighted by atomic mass is 10.3. The van der Waals surface area contributed by atoms with Gasteiger partial charge >= 0.3 is 0 Å². The summed E-state index contributed by atoms with van der Waals surface area (Å²) in [4.78, 5) is 4.80. The molecule has 0 aliphatic heterocycles. The average Bonchev–Trinajstić information content (AvgIpc) is 2.21. The smallest absolute Gasteiger partial charge is 0.000666 e. The van der Waals surface area contributed by atoms with Crippen LogP contribution in [-0.2, 0) is 0 Å². The Hall–Kier alpha value is -0.120. The molecule has 0 aliphatic carbocycles. The normalized spacial score (nSPS) is 11.6. The third-order valence-electron chi connectivity index (χ3n) is 2.60. The number of hydrogen-bond acceptors (Lipinski definition) is 3. The van der Waals surface area contributed by atoms with Crippen LogP contribution in [0.1, 0.15) is 26.7 Å². The lowest BCUT2D eigenvalue weighted by Crippen LogP contribution is -2.30. The molecule has 0 radical (unpaired) electrons. The zero-order valence-electron chi connectivity index (χ0n) is 11.1. The molecule has 0 aromatic carbocycles. The molecule has 0 rings (SSSR count). The van der Waals surface area contributed by atoms with Crippen molar-refractivity contribution in [2.45, 2.75) is 26.7 Å². The fraction of sp³-hybridized carbons (Fsp3) is 1.00. The second-order valence-electron chi connectivity index (χ2n) is 4.30. The molecule has 0 saturated carbocycles. The van der Waals surface area contributed by atoms with E-state index in [0.29, 0.717) is 0 Å². The van der Waals surface area contributed by atoms with Crippen molar-refractivity contribution in [1.29, 1.82) is 0 Å². The molecule has 0 aliphatic rings. The Labute approximate surface area is 95.8 Å². The third kappa shape index (κ3) is 10.2. The standard InChI is InChI=1S/C12H29N3/c1-5-13-9-7-11-15(6-2)12-8-10-14(3)4/h13H,5-12H2,1-4H3. The van der Waals surface area contributed by atoms with Gasteiger partial charge in [-0.05, 0) is 66.2 Å². The lowest BCUT2D eigenvalue weighted by Gasteiger charge is -2.21. The number of rotatable bonds is 10. The van der Waals surface area contributed by atoms with Crippen LogP contribution in [0.15, 0.2) is 0 Å². The Bertz CT molecular complexity index is 126. The SMILES string of the molecule is CCNCCCN(CC)CCCN(C)C. The van der Waals surface area contributed by atoms with Crippen molar-refractivity contribution in [1.82, 2.24) is 15.1 Å². The van der Waals surface area contributed by atoms with Crippen LogP contribution in [0.4, 0.5) is 0 Å². The molecule has 15 heavy (non-hydrogen) atoms. The Morgan fingerprint density at radius 3 is 2.13 bits per heavy atom. The molecule has 0 fully saturated rings. The Kier molecular flexibility index (Phi) is 10.3. The van der Waals surface area contributed by atoms with Gasteiger partial charge in [-0.15, -0.1) is 0 Å². The first-order valence-corrected chi connectivity index (χ1v) is 6.28. The van der Waals surface area contributed by atoms with Gasteiger partial charge in [0, 0.05) is 0 Å². The van der Waals surface area contributed by atoms with Crippen molar-refractivity contribution in [3.05, 3.63) is 0 Å². The fourth-order valence-corrected chi connectivity index (χ4v) is 1.64. The molecule has 0 atom stereocenters. The van der Waals surface area contributed by atoms with Crippen LogP contribution in [-0.4, -0.2) is 63.2 Å². The predicted octanol–water partition coefficient (Wildman–Crippen LogP) is 1.26. The third-order valence-corrected chi connectivity index (χ3v) is 2.60. The molecule has 0 bridgehead atoms. The van der Waals surface area contributed by atoms with E-state index in [2.05, 4.69) is 43.1 Å². The number of hydrogen-bond donors (Lipinski definition) is 1. The second kappa shape index (κ2) is 10.4. The van der Waals surface area contributed by atoms with Gasteiger partial charge in [-0.3, -0.25) is 0 Å². The fourth-order valence-electron chi connectivity index (χ4n) is 1.64. The molecule has 1 N–H and O–H groups in total. The molecule has 3 heteroatoms. The Morgan fingerprint density at radius 2 is 1.60 bits per heavy atom. The van der Waals surface area contributed by atoms with Crippen molar-refractivity contribution in [2.24, 2.45) is 0 Å². The molecule has 3 nitrogen and oxygen atoms in total. The lowest BCUT2D eigenvalue weighted by molar-refractivity contribution is 0.263. The minimum absolute atomic E-state index is 1.09. The summed E-state index contributed by atoms with van der Waals surface area (Å²) in [6.07, 6.45) is 2.55. The van der Waals surface area contributed by atoms with E-state index >= 15 is 0 Å². The van der Waals surface area contributed by atoms with E-state index in [9.17, 15) is 0 Å². The maximum Gasteiger partial charge on any atom is -0.000666 e. The highest BCUT2D eigenvalue weighted by Gasteiger charge is 2.01. The highest BCUT2D eigenvalue weighted by atomic mass is 15.1. The van der Waals surface area contributed by atoms with Gasteiger partial charge in [-0.2, -0.15) is 0 Å². The van der Waals surface area contributed by atoms with E-state index in [4.69, 9.17) is 0 Å². The van der Waals surface area contributed by atoms with Crippen LogP contribution in [0.25, 0.3) is 0 Å². The van der Waals surface area contributed by atoms with Crippen molar-refractivity contribution < 1.29 is 0 Å². The molecule has 0 aromatic heterocycles. The van der Waals surface area contributed by atoms with Crippen LogP contribution in [0.3, 0.4) is 0 Å². The monoisotopic (exact) mass is 215 g/mol. The minimum atomic E-state index is 1.09. The molecular weight excluding hydrogens is 186 g/mol. The van der Waals surface area contributed by atoms with Gasteiger partial charge in [0.1, 0.15) is 0 Å². The summed E-state index contributed by atoms with van der Waals surface area (Å²) in [6, 6.07) is 0. The first kappa shape index (κ1) is 14.9. The zero-order valence-corrected chi connectivity index (χ0v) is 11.1. The summed E-state index contributed by atoms with van der Waals surface area (Å²) in [5, 5.41) is 3.37. The van der Waals surface area contributed by atoms with Crippen LogP contribution >= 0.6 is 0 Å². The van der Waals surface area contributed by atoms with Crippen LogP contribution < -0.4 is 5.32 Å². The van der Waals surface area contributed by atoms with Gasteiger partial charge in [0.05, 0.1) is 0 Å². The summed E-state index contributed by atoms with van der Waals surface area (Å²) in [5.74, 6) is 0. The average molecular weight is 215 g/mol. The molecule has 0 aromatic rings. The first-order valence-electron chi connectivity index (χ1n) is 6.28. The summed E-state index contributed by atoms with van der Waals surface area (Å²) in [5.41, 5.74) is 0. The van der Waals surface area contributed by atoms with E-state index in [1.54, 1.807) is 0 Å². The highest BCUT2D eigenvalue weighted by molar-refractivity contribution is 4.58. The van der Waals surface area contributed by atoms with Crippen LogP contribution in [0, 0.1) is 0 Å². The van der Waals surface area contributed by atoms with Crippen LogP contribution in [0.2, 0.25) is 0 Å². The highest BCUT2D eigenvalue weighted by Crippen LogP contribution is 1.94. The molecule has 0 spiro atoms. The summed E-state index contributed by atoms with van der Waals surface area (Å²) >= 11 is 0. The van der Waals surface area contributed by atoms with Gasteiger partial charge in [0.15, 0.2) is 0 Å². The van der Waals surface area contributed by atoms with E-state index in [-0.39, 0.29) is 0 Å². The minimum Gasteiger partial charge on any atom is -0.317 e. The number of nitrogens with zero attached hydrogens (tertiary/aromatic N) is 2. The van der Waals surface area contributed by atoms with Gasteiger partial charge in [-0.25, -0.2) is 0 Å². The van der Waals surface area contributed by atoms with Gasteiger partial charge in [0.2, 0.25) is 0 Å². The summed E-state index contributed by atoms with van der Waals surface area (Å²) in [6.45, 7) is 11.5. The molecule has 0 amide bonds. The first-order chi connectivity index (χ1) is 7.20. The number of nitrogens with one attached hydrogen (secondary N) is 1. The van der Waals surface area contributed by atoms with E-state index in [1.165, 1.54) is 39.0 Å². The Balaban J connectivity index is 3.38. The maximum atomic E-state index is 3.37. The molecule has 92 valence electrons. The zero-order chi connectivity index (χ0) is 11.5. The van der Waals surface area contributed by atoms with Gasteiger partial charge < -0.3 is 15.1 Å². The summed E-state index contributed by atoms with van der Waals surface area (Å²) < 4.78 is 0. The van der Waals surface area contributed by atoms with Gasteiger partial charge in [-0.1, -0.05) is 13.8 Å². The maximum absolute atomic E-state index is 3.37. The van der Waals surface area contributed by atoms with Gasteiger partial charge in [0.25, 0.3) is 0 Å². The van der Waals surface area contributed by atoms with Crippen molar-refractivity contribution in [2.75, 3.05) is 53.4 Å². The quantitative estimate of drug-likeness (QED) is 0.554. The molecule has 0 unspecified atom stereocenters. The topological polar surface area (TPSA) is 18.5 Å². The second-order valence-corrected chi connectivity index (χ2v) is 4.30. The van der Waals surface area contributed by atoms with E-state index < -0.39 is 0 Å². The van der Waals surface area contributed by atoms with E-state index in [1.807, 2.05) is 0 Å². The van der Waals surface area contributed by atoms with Crippen molar-refractivity contribution >= 4 is 0 Å². The largest absolute Gasteiger partial charge is 0.317 e. The van der Waals surface area contributed by atoms with Crippen molar-refractivity contribution in [3.63, 3.8) is 0 Å². The van der Waals surface area contributed by atoms with Crippen molar-refractivity contribution in [3.8, 4) is 0 Å². The molecule has 0 heterocycles. The molecular formula is C12H29N3. The summed E-state index contributed by atoms with van der Waals surface area (Å²) in [7, 11) is 4.28. The van der Waals surface area contributed by atoms with Crippen LogP contribution in [0.5, 0.6) is 0 Å². The Morgan fingerprint density at radius 1 is 0.933 bits per heavy atom. The molecule has 0 saturated heterocycles.